The summed E-state index contributed by atoms with van der Waals surface area (Å²) in [4.78, 5) is 1.97. The van der Waals surface area contributed by atoms with Crippen molar-refractivity contribution < 1.29 is 8.78 Å². The Kier molecular flexibility index (Phi) is 3.99. The summed E-state index contributed by atoms with van der Waals surface area (Å²) in [5, 5.41) is 3.13. The molecule has 1 N–H and O–H groups in total. The fourth-order valence-electron chi connectivity index (χ4n) is 2.33. The van der Waals surface area contributed by atoms with Gasteiger partial charge in [0.15, 0.2) is 5.82 Å². The van der Waals surface area contributed by atoms with Crippen molar-refractivity contribution in [2.75, 3.05) is 31.6 Å². The van der Waals surface area contributed by atoms with E-state index < -0.39 is 11.6 Å². The average molecular weight is 305 g/mol. The number of hydrogen-bond donors (Lipinski definition) is 1. The number of hydrogen-bond acceptors (Lipinski definition) is 2. The highest BCUT2D eigenvalue weighted by Crippen LogP contribution is 2.33. The summed E-state index contributed by atoms with van der Waals surface area (Å²) >= 11 is 3.23. The number of nitrogens with one attached hydrogen (secondary N) is 1. The molecule has 0 saturated carbocycles. The summed E-state index contributed by atoms with van der Waals surface area (Å²) in [6, 6.07) is 2.25. The Hall–Kier alpha value is -0.680. The van der Waals surface area contributed by atoms with Crippen LogP contribution in [0.1, 0.15) is 6.42 Å². The maximum absolute atomic E-state index is 13.7. The zero-order chi connectivity index (χ0) is 12.4. The van der Waals surface area contributed by atoms with Crippen molar-refractivity contribution in [3.8, 4) is 0 Å². The lowest BCUT2D eigenvalue weighted by Gasteiger charge is -2.21. The van der Waals surface area contributed by atoms with Crippen LogP contribution < -0.4 is 10.2 Å². The van der Waals surface area contributed by atoms with E-state index in [1.54, 1.807) is 0 Å². The molecular formula is C12H15BrF2N2. The molecule has 0 bridgehead atoms. The second-order valence-corrected chi connectivity index (χ2v) is 5.23. The summed E-state index contributed by atoms with van der Waals surface area (Å²) in [6.07, 6.45) is 1.03. The first-order valence-electron chi connectivity index (χ1n) is 5.66. The first kappa shape index (κ1) is 12.8. The van der Waals surface area contributed by atoms with E-state index in [1.165, 1.54) is 6.07 Å². The van der Waals surface area contributed by atoms with Crippen LogP contribution in [0.4, 0.5) is 14.5 Å². The maximum atomic E-state index is 13.7. The lowest BCUT2D eigenvalue weighted by Crippen LogP contribution is -2.25. The van der Waals surface area contributed by atoms with Crippen LogP contribution in [-0.4, -0.2) is 26.7 Å². The van der Waals surface area contributed by atoms with Gasteiger partial charge in [-0.3, -0.25) is 0 Å². The van der Waals surface area contributed by atoms with Crippen molar-refractivity contribution in [2.45, 2.75) is 6.42 Å². The SMILES string of the molecule is CNCC1CCN(c2c(F)cc(F)cc2Br)C1. The first-order chi connectivity index (χ1) is 8.11. The van der Waals surface area contributed by atoms with Gasteiger partial charge < -0.3 is 10.2 Å². The number of rotatable bonds is 3. The Morgan fingerprint density at radius 2 is 2.24 bits per heavy atom. The van der Waals surface area contributed by atoms with Gasteiger partial charge in [0, 0.05) is 23.6 Å². The van der Waals surface area contributed by atoms with E-state index in [9.17, 15) is 8.78 Å². The molecule has 2 nitrogen and oxygen atoms in total. The third kappa shape index (κ3) is 2.77. The summed E-state index contributed by atoms with van der Waals surface area (Å²) in [5.74, 6) is -0.526. The lowest BCUT2D eigenvalue weighted by molar-refractivity contribution is 0.546. The van der Waals surface area contributed by atoms with E-state index in [4.69, 9.17) is 0 Å². The van der Waals surface area contributed by atoms with E-state index in [0.717, 1.165) is 32.1 Å². The number of nitrogens with zero attached hydrogens (tertiary/aromatic N) is 1. The van der Waals surface area contributed by atoms with E-state index in [-0.39, 0.29) is 0 Å². The highest BCUT2D eigenvalue weighted by molar-refractivity contribution is 9.10. The first-order valence-corrected chi connectivity index (χ1v) is 6.45. The number of halogens is 3. The van der Waals surface area contributed by atoms with Gasteiger partial charge in [-0.25, -0.2) is 8.78 Å². The molecule has 17 heavy (non-hydrogen) atoms. The Morgan fingerprint density at radius 3 is 2.88 bits per heavy atom. The fourth-order valence-corrected chi connectivity index (χ4v) is 2.99. The largest absolute Gasteiger partial charge is 0.368 e. The molecule has 2 rings (SSSR count). The van der Waals surface area contributed by atoms with E-state index >= 15 is 0 Å². The third-order valence-electron chi connectivity index (χ3n) is 3.08. The Bertz CT molecular complexity index is 388. The van der Waals surface area contributed by atoms with Crippen molar-refractivity contribution in [1.82, 2.24) is 5.32 Å². The second-order valence-electron chi connectivity index (χ2n) is 4.38. The van der Waals surface area contributed by atoms with Crippen LogP contribution in [0.2, 0.25) is 0 Å². The van der Waals surface area contributed by atoms with Gasteiger partial charge in [-0.2, -0.15) is 0 Å². The van der Waals surface area contributed by atoms with Crippen LogP contribution in [0.15, 0.2) is 16.6 Å². The minimum atomic E-state index is -0.552. The second kappa shape index (κ2) is 5.31. The molecule has 5 heteroatoms. The molecule has 1 unspecified atom stereocenters. The molecule has 1 aliphatic heterocycles. The molecule has 1 aromatic rings. The van der Waals surface area contributed by atoms with E-state index in [2.05, 4.69) is 21.2 Å². The standard InChI is InChI=1S/C12H15BrF2N2/c1-16-6-8-2-3-17(7-8)12-10(13)4-9(14)5-11(12)15/h4-5,8,16H,2-3,6-7H2,1H3. The third-order valence-corrected chi connectivity index (χ3v) is 3.68. The molecule has 1 atom stereocenters. The quantitative estimate of drug-likeness (QED) is 0.924. The van der Waals surface area contributed by atoms with E-state index in [0.29, 0.717) is 16.1 Å². The lowest BCUT2D eigenvalue weighted by atomic mass is 10.1. The smallest absolute Gasteiger partial charge is 0.150 e. The minimum Gasteiger partial charge on any atom is -0.368 e. The van der Waals surface area contributed by atoms with Crippen molar-refractivity contribution >= 4 is 21.6 Å². The van der Waals surface area contributed by atoms with Gasteiger partial charge >= 0.3 is 0 Å². The minimum absolute atomic E-state index is 0.477. The van der Waals surface area contributed by atoms with Crippen molar-refractivity contribution in [2.24, 2.45) is 5.92 Å². The Balaban J connectivity index is 2.19. The van der Waals surface area contributed by atoms with Crippen LogP contribution in [0, 0.1) is 17.6 Å². The molecule has 0 radical (unpaired) electrons. The molecule has 94 valence electrons. The molecule has 1 aromatic carbocycles. The number of anilines is 1. The molecule has 1 saturated heterocycles. The van der Waals surface area contributed by atoms with Gasteiger partial charge in [-0.15, -0.1) is 0 Å². The monoisotopic (exact) mass is 304 g/mol. The molecule has 0 amide bonds. The Morgan fingerprint density at radius 1 is 1.47 bits per heavy atom. The van der Waals surface area contributed by atoms with Crippen LogP contribution in [0.3, 0.4) is 0 Å². The molecule has 1 aliphatic rings. The molecule has 0 spiro atoms. The normalized spacial score (nSPS) is 20.0. The summed E-state index contributed by atoms with van der Waals surface area (Å²) in [6.45, 7) is 2.55. The molecule has 1 fully saturated rings. The average Bonchev–Trinajstić information content (AvgIpc) is 2.65. The van der Waals surface area contributed by atoms with Crippen LogP contribution in [0.5, 0.6) is 0 Å². The molecule has 1 heterocycles. The van der Waals surface area contributed by atoms with Crippen molar-refractivity contribution in [3.63, 3.8) is 0 Å². The summed E-state index contributed by atoms with van der Waals surface area (Å²) in [7, 11) is 1.91. The van der Waals surface area contributed by atoms with Gasteiger partial charge in [0.2, 0.25) is 0 Å². The van der Waals surface area contributed by atoms with Crippen LogP contribution in [-0.2, 0) is 0 Å². The van der Waals surface area contributed by atoms with Crippen LogP contribution in [0.25, 0.3) is 0 Å². The molecule has 0 aliphatic carbocycles. The van der Waals surface area contributed by atoms with Crippen molar-refractivity contribution in [1.29, 1.82) is 0 Å². The van der Waals surface area contributed by atoms with E-state index in [1.807, 2.05) is 11.9 Å². The molecule has 0 aromatic heterocycles. The van der Waals surface area contributed by atoms with Crippen molar-refractivity contribution in [3.05, 3.63) is 28.2 Å². The van der Waals surface area contributed by atoms with Gasteiger partial charge in [0.1, 0.15) is 5.82 Å². The Labute approximate surface area is 108 Å². The zero-order valence-corrected chi connectivity index (χ0v) is 11.2. The highest BCUT2D eigenvalue weighted by Gasteiger charge is 2.25. The fraction of sp³-hybridized carbons (Fsp3) is 0.500. The van der Waals surface area contributed by atoms with Gasteiger partial charge in [0.05, 0.1) is 5.69 Å². The topological polar surface area (TPSA) is 15.3 Å². The predicted octanol–water partition coefficient (Wildman–Crippen LogP) is 2.77. The maximum Gasteiger partial charge on any atom is 0.150 e. The predicted molar refractivity (Wildman–Crippen MR) is 68.3 cm³/mol. The summed E-state index contributed by atoms with van der Waals surface area (Å²) < 4.78 is 27.2. The molecular weight excluding hydrogens is 290 g/mol. The van der Waals surface area contributed by atoms with Gasteiger partial charge in [0.25, 0.3) is 0 Å². The van der Waals surface area contributed by atoms with Gasteiger partial charge in [-0.05, 0) is 47.9 Å². The number of benzene rings is 1. The van der Waals surface area contributed by atoms with Crippen LogP contribution >= 0.6 is 15.9 Å². The zero-order valence-electron chi connectivity index (χ0n) is 9.64. The summed E-state index contributed by atoms with van der Waals surface area (Å²) in [5.41, 5.74) is 0.477. The van der Waals surface area contributed by atoms with Gasteiger partial charge in [-0.1, -0.05) is 0 Å². The highest BCUT2D eigenvalue weighted by atomic mass is 79.9.